The van der Waals surface area contributed by atoms with Gasteiger partial charge in [0.15, 0.2) is 0 Å². The normalized spacial score (nSPS) is 19.2. The molecule has 2 amide bonds. The number of anilines is 1. The lowest BCUT2D eigenvalue weighted by Crippen LogP contribution is -2.52. The molecule has 3 rings (SSSR count). The third kappa shape index (κ3) is 4.00. The number of rotatable bonds is 3. The maximum absolute atomic E-state index is 13.9. The van der Waals surface area contributed by atoms with E-state index in [9.17, 15) is 14.0 Å². The van der Waals surface area contributed by atoms with Crippen LogP contribution in [0.1, 0.15) is 26.7 Å². The molecule has 142 valence electrons. The Kier molecular flexibility index (Phi) is 5.79. The highest BCUT2D eigenvalue weighted by Crippen LogP contribution is 2.24. The van der Waals surface area contributed by atoms with Gasteiger partial charge in [0.25, 0.3) is 0 Å². The highest BCUT2D eigenvalue weighted by Gasteiger charge is 2.32. The monoisotopic (exact) mass is 361 g/mol. The Labute approximate surface area is 154 Å². The Morgan fingerprint density at radius 1 is 0.962 bits per heavy atom. The molecule has 0 bridgehead atoms. The van der Waals surface area contributed by atoms with Crippen LogP contribution in [0.3, 0.4) is 0 Å². The highest BCUT2D eigenvalue weighted by atomic mass is 19.1. The summed E-state index contributed by atoms with van der Waals surface area (Å²) in [5.41, 5.74) is 0.611. The van der Waals surface area contributed by atoms with Crippen molar-refractivity contribution >= 4 is 17.5 Å². The number of carbonyl (C=O) groups is 2. The molecule has 0 spiro atoms. The Hall–Kier alpha value is -2.11. The van der Waals surface area contributed by atoms with E-state index in [2.05, 4.69) is 0 Å². The average Bonchev–Trinajstić information content (AvgIpc) is 2.67. The Balaban J connectivity index is 1.50. The number of piperidine rings is 1. The van der Waals surface area contributed by atoms with Crippen molar-refractivity contribution in [1.82, 2.24) is 9.80 Å². The van der Waals surface area contributed by atoms with Crippen molar-refractivity contribution in [1.29, 1.82) is 0 Å². The van der Waals surface area contributed by atoms with E-state index in [0.29, 0.717) is 45.0 Å². The van der Waals surface area contributed by atoms with E-state index in [-0.39, 0.29) is 29.5 Å². The standard InChI is InChI=1S/C20H28FN3O2/c1-15(2)19(25)23-9-7-16(8-10-23)20(26)24-13-11-22(12-14-24)18-6-4-3-5-17(18)21/h3-6,15-16H,7-14H2,1-2H3. The van der Waals surface area contributed by atoms with E-state index >= 15 is 0 Å². The second kappa shape index (κ2) is 8.06. The minimum Gasteiger partial charge on any atom is -0.366 e. The smallest absolute Gasteiger partial charge is 0.225 e. The molecule has 0 atom stereocenters. The first-order chi connectivity index (χ1) is 12.5. The summed E-state index contributed by atoms with van der Waals surface area (Å²) in [4.78, 5) is 30.7. The van der Waals surface area contributed by atoms with Crippen molar-refractivity contribution < 1.29 is 14.0 Å². The zero-order valence-electron chi connectivity index (χ0n) is 15.7. The molecule has 2 heterocycles. The number of benzene rings is 1. The zero-order valence-corrected chi connectivity index (χ0v) is 15.7. The summed E-state index contributed by atoms with van der Waals surface area (Å²) in [6, 6.07) is 6.78. The number of halogens is 1. The molecule has 0 N–H and O–H groups in total. The van der Waals surface area contributed by atoms with Gasteiger partial charge in [-0.3, -0.25) is 9.59 Å². The molecule has 1 aromatic rings. The molecule has 2 saturated heterocycles. The summed E-state index contributed by atoms with van der Waals surface area (Å²) >= 11 is 0. The first-order valence-electron chi connectivity index (χ1n) is 9.54. The first kappa shape index (κ1) is 18.7. The quantitative estimate of drug-likeness (QED) is 0.830. The van der Waals surface area contributed by atoms with Crippen LogP contribution in [0.5, 0.6) is 0 Å². The van der Waals surface area contributed by atoms with Crippen LogP contribution in [0, 0.1) is 17.7 Å². The third-order valence-electron chi connectivity index (χ3n) is 5.43. The number of para-hydroxylation sites is 1. The molecular formula is C20H28FN3O2. The van der Waals surface area contributed by atoms with Crippen molar-refractivity contribution in [3.8, 4) is 0 Å². The van der Waals surface area contributed by atoms with Gasteiger partial charge in [-0.2, -0.15) is 0 Å². The molecule has 5 nitrogen and oxygen atoms in total. The molecule has 2 fully saturated rings. The van der Waals surface area contributed by atoms with Gasteiger partial charge in [-0.25, -0.2) is 4.39 Å². The molecule has 2 aliphatic rings. The number of nitrogens with zero attached hydrogens (tertiary/aromatic N) is 3. The van der Waals surface area contributed by atoms with Gasteiger partial charge in [0, 0.05) is 51.1 Å². The maximum atomic E-state index is 13.9. The van der Waals surface area contributed by atoms with Crippen LogP contribution < -0.4 is 4.90 Å². The fourth-order valence-corrected chi connectivity index (χ4v) is 3.85. The van der Waals surface area contributed by atoms with E-state index in [0.717, 1.165) is 12.8 Å². The van der Waals surface area contributed by atoms with Gasteiger partial charge in [-0.05, 0) is 25.0 Å². The molecule has 0 aromatic heterocycles. The summed E-state index contributed by atoms with van der Waals surface area (Å²) in [6.07, 6.45) is 1.48. The van der Waals surface area contributed by atoms with Crippen LogP contribution >= 0.6 is 0 Å². The van der Waals surface area contributed by atoms with Crippen LogP contribution in [0.2, 0.25) is 0 Å². The Morgan fingerprint density at radius 3 is 2.15 bits per heavy atom. The second-order valence-corrected chi connectivity index (χ2v) is 7.52. The molecule has 0 aliphatic carbocycles. The van der Waals surface area contributed by atoms with Gasteiger partial charge in [0.05, 0.1) is 5.69 Å². The molecule has 1 aromatic carbocycles. The van der Waals surface area contributed by atoms with E-state index in [1.54, 1.807) is 12.1 Å². The van der Waals surface area contributed by atoms with Gasteiger partial charge in [-0.15, -0.1) is 0 Å². The SMILES string of the molecule is CC(C)C(=O)N1CCC(C(=O)N2CCN(c3ccccc3F)CC2)CC1. The van der Waals surface area contributed by atoms with Crippen LogP contribution in [-0.2, 0) is 9.59 Å². The van der Waals surface area contributed by atoms with Crippen LogP contribution in [0.25, 0.3) is 0 Å². The molecule has 0 unspecified atom stereocenters. The maximum Gasteiger partial charge on any atom is 0.225 e. The van der Waals surface area contributed by atoms with Crippen molar-refractivity contribution in [3.05, 3.63) is 30.1 Å². The van der Waals surface area contributed by atoms with E-state index in [1.807, 2.05) is 34.6 Å². The molecule has 2 aliphatic heterocycles. The number of likely N-dealkylation sites (tertiary alicyclic amines) is 1. The largest absolute Gasteiger partial charge is 0.366 e. The number of carbonyl (C=O) groups excluding carboxylic acids is 2. The predicted molar refractivity (Wildman–Crippen MR) is 99.3 cm³/mol. The molecule has 6 heteroatoms. The number of amides is 2. The van der Waals surface area contributed by atoms with E-state index < -0.39 is 0 Å². The summed E-state index contributed by atoms with van der Waals surface area (Å²) in [6.45, 7) is 7.71. The topological polar surface area (TPSA) is 43.9 Å². The van der Waals surface area contributed by atoms with Crippen LogP contribution in [0.4, 0.5) is 10.1 Å². The number of hydrogen-bond acceptors (Lipinski definition) is 3. The molecular weight excluding hydrogens is 333 g/mol. The van der Waals surface area contributed by atoms with Crippen LogP contribution in [0.15, 0.2) is 24.3 Å². The number of hydrogen-bond donors (Lipinski definition) is 0. The Morgan fingerprint density at radius 2 is 1.58 bits per heavy atom. The van der Waals surface area contributed by atoms with Crippen LogP contribution in [-0.4, -0.2) is 60.9 Å². The first-order valence-corrected chi connectivity index (χ1v) is 9.54. The summed E-state index contributed by atoms with van der Waals surface area (Å²) in [5.74, 6) is 0.165. The third-order valence-corrected chi connectivity index (χ3v) is 5.43. The zero-order chi connectivity index (χ0) is 18.7. The molecule has 0 radical (unpaired) electrons. The Bertz CT molecular complexity index is 648. The lowest BCUT2D eigenvalue weighted by atomic mass is 9.94. The van der Waals surface area contributed by atoms with Gasteiger partial charge in [0.1, 0.15) is 5.82 Å². The minimum atomic E-state index is -0.213. The fourth-order valence-electron chi connectivity index (χ4n) is 3.85. The number of piperazine rings is 1. The van der Waals surface area contributed by atoms with E-state index in [1.165, 1.54) is 6.07 Å². The van der Waals surface area contributed by atoms with Gasteiger partial charge in [0.2, 0.25) is 11.8 Å². The second-order valence-electron chi connectivity index (χ2n) is 7.52. The fraction of sp³-hybridized carbons (Fsp3) is 0.600. The van der Waals surface area contributed by atoms with Crippen molar-refractivity contribution in [2.45, 2.75) is 26.7 Å². The summed E-state index contributed by atoms with van der Waals surface area (Å²) in [5, 5.41) is 0. The summed E-state index contributed by atoms with van der Waals surface area (Å²) < 4.78 is 13.9. The van der Waals surface area contributed by atoms with E-state index in [4.69, 9.17) is 0 Å². The predicted octanol–water partition coefficient (Wildman–Crippen LogP) is 2.37. The molecule has 26 heavy (non-hydrogen) atoms. The van der Waals surface area contributed by atoms with Gasteiger partial charge in [-0.1, -0.05) is 26.0 Å². The van der Waals surface area contributed by atoms with Crippen molar-refractivity contribution in [2.75, 3.05) is 44.2 Å². The summed E-state index contributed by atoms with van der Waals surface area (Å²) in [7, 11) is 0. The van der Waals surface area contributed by atoms with Gasteiger partial charge >= 0.3 is 0 Å². The molecule has 0 saturated carbocycles. The lowest BCUT2D eigenvalue weighted by molar-refractivity contribution is -0.142. The van der Waals surface area contributed by atoms with Crippen molar-refractivity contribution in [2.24, 2.45) is 11.8 Å². The average molecular weight is 361 g/mol. The highest BCUT2D eigenvalue weighted by molar-refractivity contribution is 5.81. The minimum absolute atomic E-state index is 0.00576. The van der Waals surface area contributed by atoms with Gasteiger partial charge < -0.3 is 14.7 Å². The lowest BCUT2D eigenvalue weighted by Gasteiger charge is -2.39. The van der Waals surface area contributed by atoms with Crippen molar-refractivity contribution in [3.63, 3.8) is 0 Å².